The van der Waals surface area contributed by atoms with Crippen molar-refractivity contribution < 1.29 is 14.3 Å². The van der Waals surface area contributed by atoms with Crippen molar-refractivity contribution in [3.05, 3.63) is 35.6 Å². The molecule has 5 heteroatoms. The standard InChI is InChI=1S/C16H21FN2O2/c17-13-5-3-12(4-6-13)15(20)10-19(14-7-8-14)16(21)18-9-11-1-2-11/h3-6,11,14-15,20H,1-2,7-10H2,(H,18,21). The average Bonchev–Trinajstić information content (AvgIpc) is 3.37. The molecule has 0 radical (unpaired) electrons. The van der Waals surface area contributed by atoms with Crippen molar-refractivity contribution in [1.29, 1.82) is 0 Å². The molecule has 0 aromatic heterocycles. The second-order valence-corrected chi connectivity index (χ2v) is 6.08. The highest BCUT2D eigenvalue weighted by atomic mass is 19.1. The molecule has 1 atom stereocenters. The van der Waals surface area contributed by atoms with Crippen molar-refractivity contribution in [2.24, 2.45) is 5.92 Å². The summed E-state index contributed by atoms with van der Waals surface area (Å²) in [6.45, 7) is 0.988. The first kappa shape index (κ1) is 14.3. The molecule has 0 aliphatic heterocycles. The third-order valence-electron chi connectivity index (χ3n) is 4.11. The summed E-state index contributed by atoms with van der Waals surface area (Å²) in [6, 6.07) is 5.92. The molecule has 21 heavy (non-hydrogen) atoms. The number of nitrogens with one attached hydrogen (secondary N) is 1. The number of halogens is 1. The summed E-state index contributed by atoms with van der Waals surface area (Å²) in [4.78, 5) is 13.9. The highest BCUT2D eigenvalue weighted by Crippen LogP contribution is 2.30. The molecule has 2 N–H and O–H groups in total. The summed E-state index contributed by atoms with van der Waals surface area (Å²) >= 11 is 0. The van der Waals surface area contributed by atoms with Gasteiger partial charge in [-0.05, 0) is 49.3 Å². The minimum Gasteiger partial charge on any atom is -0.387 e. The van der Waals surface area contributed by atoms with Crippen molar-refractivity contribution in [3.8, 4) is 0 Å². The van der Waals surface area contributed by atoms with Crippen LogP contribution in [0.2, 0.25) is 0 Å². The molecule has 2 fully saturated rings. The fourth-order valence-corrected chi connectivity index (χ4v) is 2.42. The fraction of sp³-hybridized carbons (Fsp3) is 0.562. The SMILES string of the molecule is O=C(NCC1CC1)N(CC(O)c1ccc(F)cc1)C1CC1. The molecule has 2 saturated carbocycles. The number of carbonyl (C=O) groups is 1. The van der Waals surface area contributed by atoms with E-state index in [2.05, 4.69) is 5.32 Å². The first-order chi connectivity index (χ1) is 10.1. The van der Waals surface area contributed by atoms with E-state index in [1.807, 2.05) is 0 Å². The molecule has 2 aliphatic rings. The number of hydrogen-bond donors (Lipinski definition) is 2. The number of amides is 2. The zero-order valence-corrected chi connectivity index (χ0v) is 12.0. The largest absolute Gasteiger partial charge is 0.387 e. The van der Waals surface area contributed by atoms with Crippen LogP contribution in [0.4, 0.5) is 9.18 Å². The quantitative estimate of drug-likeness (QED) is 0.846. The Hall–Kier alpha value is -1.62. The van der Waals surface area contributed by atoms with E-state index in [-0.39, 0.29) is 24.4 Å². The van der Waals surface area contributed by atoms with Crippen LogP contribution in [0.25, 0.3) is 0 Å². The van der Waals surface area contributed by atoms with Crippen LogP contribution in [-0.4, -0.2) is 35.2 Å². The minimum absolute atomic E-state index is 0.0921. The van der Waals surface area contributed by atoms with Crippen LogP contribution >= 0.6 is 0 Å². The maximum absolute atomic E-state index is 12.9. The number of benzene rings is 1. The van der Waals surface area contributed by atoms with Crippen LogP contribution in [0, 0.1) is 11.7 Å². The highest BCUT2D eigenvalue weighted by molar-refractivity contribution is 5.75. The molecule has 114 valence electrons. The van der Waals surface area contributed by atoms with Crippen LogP contribution in [0.3, 0.4) is 0 Å². The number of aliphatic hydroxyl groups is 1. The zero-order valence-electron chi connectivity index (χ0n) is 12.0. The van der Waals surface area contributed by atoms with Crippen molar-refractivity contribution in [3.63, 3.8) is 0 Å². The van der Waals surface area contributed by atoms with Crippen LogP contribution < -0.4 is 5.32 Å². The van der Waals surface area contributed by atoms with Crippen LogP contribution in [-0.2, 0) is 0 Å². The van der Waals surface area contributed by atoms with Gasteiger partial charge in [0.25, 0.3) is 0 Å². The number of urea groups is 1. The lowest BCUT2D eigenvalue weighted by molar-refractivity contribution is 0.118. The summed E-state index contributed by atoms with van der Waals surface area (Å²) in [5.41, 5.74) is 0.636. The molecule has 0 spiro atoms. The Kier molecular flexibility index (Phi) is 4.10. The molecule has 0 heterocycles. The Morgan fingerprint density at radius 2 is 1.95 bits per heavy atom. The van der Waals surface area contributed by atoms with Gasteiger partial charge in [0.05, 0.1) is 12.6 Å². The molecular formula is C16H21FN2O2. The first-order valence-electron chi connectivity index (χ1n) is 7.61. The summed E-state index contributed by atoms with van der Waals surface area (Å²) in [5.74, 6) is 0.309. The van der Waals surface area contributed by atoms with E-state index in [1.54, 1.807) is 17.0 Å². The molecule has 4 nitrogen and oxygen atoms in total. The van der Waals surface area contributed by atoms with Crippen molar-refractivity contribution >= 4 is 6.03 Å². The average molecular weight is 292 g/mol. The van der Waals surface area contributed by atoms with Gasteiger partial charge < -0.3 is 15.3 Å². The smallest absolute Gasteiger partial charge is 0.317 e. The number of nitrogens with zero attached hydrogens (tertiary/aromatic N) is 1. The van der Waals surface area contributed by atoms with Gasteiger partial charge in [0, 0.05) is 12.6 Å². The van der Waals surface area contributed by atoms with E-state index in [9.17, 15) is 14.3 Å². The number of aliphatic hydroxyl groups excluding tert-OH is 1. The normalized spacial score (nSPS) is 19.1. The molecule has 0 bridgehead atoms. The second-order valence-electron chi connectivity index (χ2n) is 6.08. The predicted molar refractivity (Wildman–Crippen MR) is 77.2 cm³/mol. The molecule has 2 aliphatic carbocycles. The van der Waals surface area contributed by atoms with E-state index in [4.69, 9.17) is 0 Å². The lowest BCUT2D eigenvalue weighted by Crippen LogP contribution is -2.44. The monoisotopic (exact) mass is 292 g/mol. The van der Waals surface area contributed by atoms with Gasteiger partial charge in [0.2, 0.25) is 0 Å². The van der Waals surface area contributed by atoms with Crippen LogP contribution in [0.1, 0.15) is 37.4 Å². The topological polar surface area (TPSA) is 52.6 Å². The molecule has 1 aromatic carbocycles. The van der Waals surface area contributed by atoms with Crippen molar-refractivity contribution in [2.75, 3.05) is 13.1 Å². The van der Waals surface area contributed by atoms with Crippen molar-refractivity contribution in [1.82, 2.24) is 10.2 Å². The number of hydrogen-bond acceptors (Lipinski definition) is 2. The van der Waals surface area contributed by atoms with Gasteiger partial charge in [-0.3, -0.25) is 0 Å². The summed E-state index contributed by atoms with van der Waals surface area (Å²) in [5, 5.41) is 13.2. The molecule has 1 unspecified atom stereocenters. The van der Waals surface area contributed by atoms with Crippen LogP contribution in [0.15, 0.2) is 24.3 Å². The third kappa shape index (κ3) is 3.94. The van der Waals surface area contributed by atoms with Gasteiger partial charge in [0.15, 0.2) is 0 Å². The van der Waals surface area contributed by atoms with E-state index < -0.39 is 6.10 Å². The van der Waals surface area contributed by atoms with Crippen molar-refractivity contribution in [2.45, 2.75) is 37.8 Å². The van der Waals surface area contributed by atoms with E-state index in [0.29, 0.717) is 11.5 Å². The Balaban J connectivity index is 1.58. The lowest BCUT2D eigenvalue weighted by Gasteiger charge is -2.25. The molecule has 0 saturated heterocycles. The Labute approximate surface area is 124 Å². The minimum atomic E-state index is -0.780. The summed E-state index contributed by atoms with van der Waals surface area (Å²) < 4.78 is 12.9. The first-order valence-corrected chi connectivity index (χ1v) is 7.61. The number of carbonyl (C=O) groups excluding carboxylic acids is 1. The second kappa shape index (κ2) is 6.02. The van der Waals surface area contributed by atoms with Gasteiger partial charge in [-0.15, -0.1) is 0 Å². The molecular weight excluding hydrogens is 271 g/mol. The molecule has 3 rings (SSSR count). The maximum Gasteiger partial charge on any atom is 0.317 e. The Morgan fingerprint density at radius 3 is 2.52 bits per heavy atom. The van der Waals surface area contributed by atoms with E-state index in [0.717, 1.165) is 19.4 Å². The van der Waals surface area contributed by atoms with E-state index >= 15 is 0 Å². The van der Waals surface area contributed by atoms with Gasteiger partial charge in [0.1, 0.15) is 5.82 Å². The summed E-state index contributed by atoms with van der Waals surface area (Å²) in [6.07, 6.45) is 3.60. The highest BCUT2D eigenvalue weighted by Gasteiger charge is 2.34. The maximum atomic E-state index is 12.9. The lowest BCUT2D eigenvalue weighted by atomic mass is 10.1. The molecule has 2 amide bonds. The summed E-state index contributed by atoms with van der Waals surface area (Å²) in [7, 11) is 0. The van der Waals surface area contributed by atoms with Gasteiger partial charge in [-0.25, -0.2) is 9.18 Å². The van der Waals surface area contributed by atoms with E-state index in [1.165, 1.54) is 25.0 Å². The Morgan fingerprint density at radius 1 is 1.29 bits per heavy atom. The fourth-order valence-electron chi connectivity index (χ4n) is 2.42. The predicted octanol–water partition coefficient (Wildman–Crippen LogP) is 2.44. The van der Waals surface area contributed by atoms with Crippen LogP contribution in [0.5, 0.6) is 0 Å². The Bertz CT molecular complexity index is 498. The molecule has 1 aromatic rings. The number of rotatable bonds is 6. The van der Waals surface area contributed by atoms with Gasteiger partial charge in [-0.1, -0.05) is 12.1 Å². The van der Waals surface area contributed by atoms with Gasteiger partial charge >= 0.3 is 6.03 Å². The third-order valence-corrected chi connectivity index (χ3v) is 4.11. The zero-order chi connectivity index (χ0) is 14.8. The van der Waals surface area contributed by atoms with Gasteiger partial charge in [-0.2, -0.15) is 0 Å².